The predicted molar refractivity (Wildman–Crippen MR) is 116 cm³/mol. The number of rotatable bonds is 6. The molecular weight excluding hydrogens is 378 g/mol. The van der Waals surface area contributed by atoms with Crippen LogP contribution < -0.4 is 10.6 Å². The first-order valence-corrected chi connectivity index (χ1v) is 9.64. The van der Waals surface area contributed by atoms with Crippen molar-refractivity contribution >= 4 is 40.6 Å². The van der Waals surface area contributed by atoms with E-state index in [-0.39, 0.29) is 0 Å². The third-order valence-corrected chi connectivity index (χ3v) is 4.97. The molecule has 2 aromatic carbocycles. The van der Waals surface area contributed by atoms with Gasteiger partial charge in [0.15, 0.2) is 5.11 Å². The SMILES string of the molecule is CCC(C)c1ccc(NC(=S)Nc2ncn(Cc3ccccc3Cl)n2)cc1. The quantitative estimate of drug-likeness (QED) is 0.550. The van der Waals surface area contributed by atoms with Gasteiger partial charge >= 0.3 is 0 Å². The monoisotopic (exact) mass is 399 g/mol. The van der Waals surface area contributed by atoms with Crippen LogP contribution >= 0.6 is 23.8 Å². The molecule has 5 nitrogen and oxygen atoms in total. The molecule has 2 N–H and O–H groups in total. The maximum absolute atomic E-state index is 6.19. The molecule has 1 heterocycles. The van der Waals surface area contributed by atoms with Crippen LogP contribution in [0.2, 0.25) is 5.02 Å². The molecule has 27 heavy (non-hydrogen) atoms. The Balaban J connectivity index is 1.57. The second kappa shape index (κ2) is 8.97. The number of anilines is 2. The number of nitrogens with zero attached hydrogens (tertiary/aromatic N) is 3. The zero-order valence-corrected chi connectivity index (χ0v) is 16.9. The van der Waals surface area contributed by atoms with E-state index in [0.29, 0.717) is 28.5 Å². The molecule has 0 saturated heterocycles. The molecule has 0 aliphatic carbocycles. The average molecular weight is 400 g/mol. The molecule has 0 amide bonds. The number of benzene rings is 2. The highest BCUT2D eigenvalue weighted by molar-refractivity contribution is 7.80. The van der Waals surface area contributed by atoms with Crippen molar-refractivity contribution in [3.63, 3.8) is 0 Å². The van der Waals surface area contributed by atoms with Gasteiger partial charge in [0, 0.05) is 10.7 Å². The van der Waals surface area contributed by atoms with Crippen LogP contribution in [-0.2, 0) is 6.54 Å². The zero-order valence-electron chi connectivity index (χ0n) is 15.3. The minimum atomic E-state index is 0.441. The second-order valence-corrected chi connectivity index (χ2v) is 7.18. The van der Waals surface area contributed by atoms with Crippen molar-refractivity contribution < 1.29 is 0 Å². The normalized spacial score (nSPS) is 11.8. The molecule has 1 unspecified atom stereocenters. The van der Waals surface area contributed by atoms with Crippen molar-refractivity contribution in [3.05, 3.63) is 71.0 Å². The topological polar surface area (TPSA) is 54.8 Å². The largest absolute Gasteiger partial charge is 0.332 e. The fourth-order valence-corrected chi connectivity index (χ4v) is 3.03. The van der Waals surface area contributed by atoms with Crippen LogP contribution in [0.25, 0.3) is 0 Å². The van der Waals surface area contributed by atoms with Crippen LogP contribution in [-0.4, -0.2) is 19.9 Å². The summed E-state index contributed by atoms with van der Waals surface area (Å²) in [5, 5.41) is 11.7. The third kappa shape index (κ3) is 5.28. The van der Waals surface area contributed by atoms with E-state index in [1.54, 1.807) is 11.0 Å². The molecule has 0 fully saturated rings. The molecule has 3 aromatic rings. The van der Waals surface area contributed by atoms with E-state index in [0.717, 1.165) is 17.7 Å². The number of nitrogens with one attached hydrogen (secondary N) is 2. The van der Waals surface area contributed by atoms with Crippen molar-refractivity contribution in [2.75, 3.05) is 10.6 Å². The molecule has 0 radical (unpaired) electrons. The van der Waals surface area contributed by atoms with Crippen LogP contribution in [0.3, 0.4) is 0 Å². The van der Waals surface area contributed by atoms with E-state index in [2.05, 4.69) is 46.7 Å². The van der Waals surface area contributed by atoms with E-state index in [1.807, 2.05) is 36.4 Å². The summed E-state index contributed by atoms with van der Waals surface area (Å²) in [6.45, 7) is 4.96. The Morgan fingerprint density at radius 2 is 1.89 bits per heavy atom. The van der Waals surface area contributed by atoms with Crippen molar-refractivity contribution in [1.29, 1.82) is 0 Å². The summed E-state index contributed by atoms with van der Waals surface area (Å²) in [5.74, 6) is 0.992. The molecule has 1 aromatic heterocycles. The summed E-state index contributed by atoms with van der Waals surface area (Å²) >= 11 is 11.5. The number of thiocarbonyl (C=S) groups is 1. The Hall–Kier alpha value is -2.44. The van der Waals surface area contributed by atoms with Crippen molar-refractivity contribution in [1.82, 2.24) is 14.8 Å². The molecular formula is C20H22ClN5S. The third-order valence-electron chi connectivity index (χ3n) is 4.40. The molecule has 7 heteroatoms. The number of halogens is 1. The van der Waals surface area contributed by atoms with Gasteiger partial charge < -0.3 is 5.32 Å². The molecule has 0 saturated carbocycles. The molecule has 0 aliphatic rings. The summed E-state index contributed by atoms with van der Waals surface area (Å²) in [4.78, 5) is 4.24. The van der Waals surface area contributed by atoms with Crippen LogP contribution in [0, 0.1) is 0 Å². The molecule has 0 spiro atoms. The highest BCUT2D eigenvalue weighted by atomic mass is 35.5. The molecule has 3 rings (SSSR count). The predicted octanol–water partition coefficient (Wildman–Crippen LogP) is 5.30. The van der Waals surface area contributed by atoms with E-state index in [4.69, 9.17) is 23.8 Å². The maximum Gasteiger partial charge on any atom is 0.248 e. The minimum Gasteiger partial charge on any atom is -0.332 e. The van der Waals surface area contributed by atoms with Crippen LogP contribution in [0.1, 0.15) is 37.3 Å². The fraction of sp³-hybridized carbons (Fsp3) is 0.250. The van der Waals surface area contributed by atoms with Gasteiger partial charge in [-0.2, -0.15) is 0 Å². The Morgan fingerprint density at radius 1 is 1.15 bits per heavy atom. The van der Waals surface area contributed by atoms with E-state index < -0.39 is 0 Å². The first-order chi connectivity index (χ1) is 13.0. The second-order valence-electron chi connectivity index (χ2n) is 6.37. The molecule has 1 atom stereocenters. The van der Waals surface area contributed by atoms with Gasteiger partial charge in [0.1, 0.15) is 6.33 Å². The summed E-state index contributed by atoms with van der Waals surface area (Å²) in [7, 11) is 0. The standard InChI is InChI=1S/C20H22ClN5S/c1-3-14(2)15-8-10-17(11-9-15)23-20(27)24-19-22-13-26(25-19)12-16-6-4-5-7-18(16)21/h4-11,13-14H,3,12H2,1-2H3,(H2,23,24,25,27). The smallest absolute Gasteiger partial charge is 0.248 e. The minimum absolute atomic E-state index is 0.441. The summed E-state index contributed by atoms with van der Waals surface area (Å²) in [5.41, 5.74) is 3.23. The van der Waals surface area contributed by atoms with Gasteiger partial charge in [-0.3, -0.25) is 5.32 Å². The number of aromatic nitrogens is 3. The average Bonchev–Trinajstić information content (AvgIpc) is 3.10. The Bertz CT molecular complexity index is 907. The van der Waals surface area contributed by atoms with Crippen LogP contribution in [0.5, 0.6) is 0 Å². The summed E-state index contributed by atoms with van der Waals surface area (Å²) in [6, 6.07) is 16.0. The number of hydrogen-bond donors (Lipinski definition) is 2. The lowest BCUT2D eigenvalue weighted by Gasteiger charge is -2.11. The van der Waals surface area contributed by atoms with E-state index >= 15 is 0 Å². The van der Waals surface area contributed by atoms with Crippen molar-refractivity contribution in [3.8, 4) is 0 Å². The lowest BCUT2D eigenvalue weighted by atomic mass is 9.99. The first-order valence-electron chi connectivity index (χ1n) is 8.86. The molecule has 0 bridgehead atoms. The van der Waals surface area contributed by atoms with Crippen molar-refractivity contribution in [2.45, 2.75) is 32.7 Å². The lowest BCUT2D eigenvalue weighted by molar-refractivity contribution is 0.687. The highest BCUT2D eigenvalue weighted by Gasteiger charge is 2.07. The first kappa shape index (κ1) is 19.3. The maximum atomic E-state index is 6.19. The van der Waals surface area contributed by atoms with Gasteiger partial charge in [0.2, 0.25) is 5.95 Å². The van der Waals surface area contributed by atoms with Gasteiger partial charge in [0.05, 0.1) is 6.54 Å². The van der Waals surface area contributed by atoms with Crippen LogP contribution in [0.15, 0.2) is 54.9 Å². The lowest BCUT2D eigenvalue weighted by Crippen LogP contribution is -2.20. The van der Waals surface area contributed by atoms with Crippen molar-refractivity contribution in [2.24, 2.45) is 0 Å². The van der Waals surface area contributed by atoms with Gasteiger partial charge in [-0.05, 0) is 53.9 Å². The Morgan fingerprint density at radius 3 is 2.59 bits per heavy atom. The Labute approximate surface area is 169 Å². The Kier molecular flexibility index (Phi) is 6.42. The number of hydrogen-bond acceptors (Lipinski definition) is 3. The molecule has 140 valence electrons. The zero-order chi connectivity index (χ0) is 19.2. The van der Waals surface area contributed by atoms with Gasteiger partial charge in [0.25, 0.3) is 0 Å². The highest BCUT2D eigenvalue weighted by Crippen LogP contribution is 2.20. The molecule has 0 aliphatic heterocycles. The van der Waals surface area contributed by atoms with Gasteiger partial charge in [-0.25, -0.2) is 9.67 Å². The van der Waals surface area contributed by atoms with Crippen LogP contribution in [0.4, 0.5) is 11.6 Å². The summed E-state index contributed by atoms with van der Waals surface area (Å²) < 4.78 is 1.72. The van der Waals surface area contributed by atoms with E-state index in [1.165, 1.54) is 5.56 Å². The van der Waals surface area contributed by atoms with Gasteiger partial charge in [-0.15, -0.1) is 5.10 Å². The fourth-order valence-electron chi connectivity index (χ4n) is 2.62. The van der Waals surface area contributed by atoms with Gasteiger partial charge in [-0.1, -0.05) is 55.8 Å². The van der Waals surface area contributed by atoms with E-state index in [9.17, 15) is 0 Å². The summed E-state index contributed by atoms with van der Waals surface area (Å²) in [6.07, 6.45) is 2.77.